The fourth-order valence-corrected chi connectivity index (χ4v) is 4.41. The van der Waals surface area contributed by atoms with Crippen molar-refractivity contribution in [1.82, 2.24) is 0 Å². The lowest BCUT2D eigenvalue weighted by atomic mass is 9.77. The van der Waals surface area contributed by atoms with E-state index in [1.807, 2.05) is 6.07 Å². The van der Waals surface area contributed by atoms with E-state index in [0.29, 0.717) is 11.8 Å². The lowest BCUT2D eigenvalue weighted by Crippen LogP contribution is -3.10. The van der Waals surface area contributed by atoms with E-state index in [0.717, 1.165) is 36.1 Å². The molecular formula is C18H21NO4P+. The van der Waals surface area contributed by atoms with E-state index < -0.39 is 8.60 Å². The molecule has 1 aliphatic carbocycles. The van der Waals surface area contributed by atoms with Crippen LogP contribution in [0.3, 0.4) is 0 Å². The summed E-state index contributed by atoms with van der Waals surface area (Å²) >= 11 is 0. The Bertz CT molecular complexity index is 795. The summed E-state index contributed by atoms with van der Waals surface area (Å²) < 4.78 is 10.4. The average Bonchev–Trinajstić information content (AvgIpc) is 2.60. The SMILES string of the molecule is COP(O)Oc1c(O)ccc2c1-c1cccc3c1C(C2)[NH+](C)CC3. The van der Waals surface area contributed by atoms with Crippen molar-refractivity contribution in [2.24, 2.45) is 0 Å². The highest BCUT2D eigenvalue weighted by molar-refractivity contribution is 7.41. The van der Waals surface area contributed by atoms with Crippen LogP contribution in [0.1, 0.15) is 22.7 Å². The van der Waals surface area contributed by atoms with E-state index in [1.54, 1.807) is 6.07 Å². The third kappa shape index (κ3) is 2.40. The molecule has 2 aliphatic rings. The second kappa shape index (κ2) is 6.01. The van der Waals surface area contributed by atoms with Gasteiger partial charge in [0.2, 0.25) is 0 Å². The molecule has 0 fully saturated rings. The largest absolute Gasteiger partial charge is 0.504 e. The van der Waals surface area contributed by atoms with Gasteiger partial charge < -0.3 is 23.9 Å². The van der Waals surface area contributed by atoms with Crippen molar-refractivity contribution in [3.8, 4) is 22.6 Å². The highest BCUT2D eigenvalue weighted by Crippen LogP contribution is 2.51. The molecule has 5 nitrogen and oxygen atoms in total. The zero-order chi connectivity index (χ0) is 16.8. The van der Waals surface area contributed by atoms with Crippen LogP contribution in [0.15, 0.2) is 30.3 Å². The fraction of sp³-hybridized carbons (Fsp3) is 0.333. The summed E-state index contributed by atoms with van der Waals surface area (Å²) in [6.45, 7) is 1.13. The van der Waals surface area contributed by atoms with Gasteiger partial charge in [0.15, 0.2) is 11.5 Å². The maximum atomic E-state index is 10.3. The molecular weight excluding hydrogens is 325 g/mol. The Balaban J connectivity index is 1.94. The lowest BCUT2D eigenvalue weighted by Gasteiger charge is -2.37. The molecule has 0 amide bonds. The van der Waals surface area contributed by atoms with Gasteiger partial charge in [-0.05, 0) is 22.8 Å². The molecule has 1 aliphatic heterocycles. The van der Waals surface area contributed by atoms with Crippen LogP contribution in [0.4, 0.5) is 0 Å². The zero-order valence-corrected chi connectivity index (χ0v) is 14.6. The monoisotopic (exact) mass is 346 g/mol. The first-order valence-electron chi connectivity index (χ1n) is 8.10. The van der Waals surface area contributed by atoms with Gasteiger partial charge in [0.05, 0.1) is 13.6 Å². The summed E-state index contributed by atoms with van der Waals surface area (Å²) in [5.41, 5.74) is 5.85. The first-order valence-corrected chi connectivity index (χ1v) is 9.23. The molecule has 0 saturated heterocycles. The molecule has 126 valence electrons. The molecule has 0 bridgehead atoms. The highest BCUT2D eigenvalue weighted by Gasteiger charge is 2.37. The molecule has 2 aromatic carbocycles. The Morgan fingerprint density at radius 2 is 2.04 bits per heavy atom. The molecule has 2 aromatic rings. The smallest absolute Gasteiger partial charge is 0.394 e. The van der Waals surface area contributed by atoms with E-state index in [9.17, 15) is 10.00 Å². The van der Waals surface area contributed by atoms with Gasteiger partial charge in [-0.3, -0.25) is 0 Å². The van der Waals surface area contributed by atoms with Crippen molar-refractivity contribution in [2.45, 2.75) is 18.9 Å². The Morgan fingerprint density at radius 3 is 2.83 bits per heavy atom. The molecule has 0 aromatic heterocycles. The van der Waals surface area contributed by atoms with Gasteiger partial charge in [0.25, 0.3) is 0 Å². The number of aromatic hydroxyl groups is 1. The fourth-order valence-electron chi connectivity index (χ4n) is 3.99. The molecule has 0 spiro atoms. The number of fused-ring (bicyclic) bond motifs is 2. The molecule has 6 heteroatoms. The number of rotatable bonds is 3. The number of hydrogen-bond donors (Lipinski definition) is 3. The number of benzene rings is 2. The van der Waals surface area contributed by atoms with Crippen LogP contribution in [0.2, 0.25) is 0 Å². The molecule has 0 radical (unpaired) electrons. The molecule has 3 unspecified atom stereocenters. The molecule has 1 heterocycles. The molecule has 3 N–H and O–H groups in total. The van der Waals surface area contributed by atoms with Gasteiger partial charge in [-0.2, -0.15) is 0 Å². The molecule has 4 rings (SSSR count). The number of nitrogens with one attached hydrogen (secondary N) is 1. The quantitative estimate of drug-likeness (QED) is 0.744. The maximum Gasteiger partial charge on any atom is 0.394 e. The first kappa shape index (κ1) is 15.9. The van der Waals surface area contributed by atoms with Crippen LogP contribution >= 0.6 is 8.60 Å². The minimum atomic E-state index is -2.06. The Kier molecular flexibility index (Phi) is 3.97. The van der Waals surface area contributed by atoms with Crippen LogP contribution < -0.4 is 9.42 Å². The second-order valence-electron chi connectivity index (χ2n) is 6.44. The topological polar surface area (TPSA) is 63.4 Å². The van der Waals surface area contributed by atoms with Gasteiger partial charge >= 0.3 is 8.60 Å². The number of phenolic OH excluding ortho intramolecular Hbond substituents is 1. The third-order valence-electron chi connectivity index (χ3n) is 5.17. The first-order chi connectivity index (χ1) is 11.6. The Labute approximate surface area is 142 Å². The van der Waals surface area contributed by atoms with Crippen molar-refractivity contribution in [2.75, 3.05) is 20.7 Å². The van der Waals surface area contributed by atoms with Gasteiger partial charge in [0.1, 0.15) is 6.04 Å². The number of hydrogen-bond acceptors (Lipinski definition) is 4. The zero-order valence-electron chi connectivity index (χ0n) is 13.7. The van der Waals surface area contributed by atoms with Gasteiger partial charge in [0, 0.05) is 31.1 Å². The number of quaternary nitrogens is 1. The number of phenols is 1. The standard InChI is InChI=1S/C18H20NO4P/c1-19-9-8-11-4-3-5-13-16(11)14(19)10-12-6-7-15(20)18(17(12)13)23-24(21)22-2/h3-7,14,20-21H,8-10H2,1-2H3/p+1. The predicted molar refractivity (Wildman–Crippen MR) is 92.2 cm³/mol. The van der Waals surface area contributed by atoms with Crippen LogP contribution in [0.25, 0.3) is 11.1 Å². The van der Waals surface area contributed by atoms with Crippen LogP contribution in [0, 0.1) is 0 Å². The van der Waals surface area contributed by atoms with Gasteiger partial charge in [-0.1, -0.05) is 24.3 Å². The summed E-state index contributed by atoms with van der Waals surface area (Å²) in [6, 6.07) is 10.4. The van der Waals surface area contributed by atoms with E-state index in [1.165, 1.54) is 23.1 Å². The summed E-state index contributed by atoms with van der Waals surface area (Å²) in [5.74, 6) is 0.345. The van der Waals surface area contributed by atoms with Crippen molar-refractivity contribution in [3.63, 3.8) is 0 Å². The predicted octanol–water partition coefficient (Wildman–Crippen LogP) is 1.97. The normalized spacial score (nSPS) is 22.5. The second-order valence-corrected chi connectivity index (χ2v) is 7.46. The average molecular weight is 346 g/mol. The molecule has 24 heavy (non-hydrogen) atoms. The summed E-state index contributed by atoms with van der Waals surface area (Å²) in [6.07, 6.45) is 1.96. The maximum absolute atomic E-state index is 10.3. The van der Waals surface area contributed by atoms with Crippen molar-refractivity contribution in [1.29, 1.82) is 0 Å². The number of likely N-dealkylation sites (N-methyl/N-ethyl adjacent to an activating group) is 1. The van der Waals surface area contributed by atoms with Crippen molar-refractivity contribution < 1.29 is 23.9 Å². The van der Waals surface area contributed by atoms with Crippen LogP contribution in [-0.4, -0.2) is 30.7 Å². The van der Waals surface area contributed by atoms with Crippen LogP contribution in [-0.2, 0) is 17.4 Å². The minimum absolute atomic E-state index is 0.0277. The molecule has 3 atom stereocenters. The van der Waals surface area contributed by atoms with E-state index in [-0.39, 0.29) is 5.75 Å². The van der Waals surface area contributed by atoms with E-state index in [4.69, 9.17) is 9.05 Å². The lowest BCUT2D eigenvalue weighted by molar-refractivity contribution is -0.914. The van der Waals surface area contributed by atoms with Gasteiger partial charge in [-0.15, -0.1) is 0 Å². The Morgan fingerprint density at radius 1 is 1.21 bits per heavy atom. The third-order valence-corrected chi connectivity index (χ3v) is 5.82. The van der Waals surface area contributed by atoms with E-state index >= 15 is 0 Å². The Hall–Kier alpha value is -1.65. The molecule has 0 saturated carbocycles. The van der Waals surface area contributed by atoms with Crippen LogP contribution in [0.5, 0.6) is 11.5 Å². The van der Waals surface area contributed by atoms with Crippen molar-refractivity contribution in [3.05, 3.63) is 47.0 Å². The summed E-state index contributed by atoms with van der Waals surface area (Å²) in [5, 5.41) is 10.3. The van der Waals surface area contributed by atoms with E-state index in [2.05, 4.69) is 25.2 Å². The summed E-state index contributed by atoms with van der Waals surface area (Å²) in [4.78, 5) is 11.3. The van der Waals surface area contributed by atoms with Crippen molar-refractivity contribution >= 4 is 8.60 Å². The van der Waals surface area contributed by atoms with Gasteiger partial charge in [-0.25, -0.2) is 0 Å². The summed E-state index contributed by atoms with van der Waals surface area (Å²) in [7, 11) is 1.57. The highest BCUT2D eigenvalue weighted by atomic mass is 31.2. The minimum Gasteiger partial charge on any atom is -0.504 e.